The molecule has 2 unspecified atom stereocenters. The maximum absolute atomic E-state index is 9.92. The van der Waals surface area contributed by atoms with E-state index in [-0.39, 0.29) is 6.10 Å². The first-order valence-corrected chi connectivity index (χ1v) is 16.5. The van der Waals surface area contributed by atoms with Crippen LogP contribution in [0.5, 0.6) is 0 Å². The van der Waals surface area contributed by atoms with Crippen molar-refractivity contribution in [2.45, 2.75) is 76.7 Å². The van der Waals surface area contributed by atoms with Crippen LogP contribution in [0.2, 0.25) is 51.4 Å². The second kappa shape index (κ2) is 6.11. The molecule has 0 aromatic heterocycles. The van der Waals surface area contributed by atoms with E-state index in [4.69, 9.17) is 8.23 Å². The van der Waals surface area contributed by atoms with Crippen molar-refractivity contribution in [3.8, 4) is 0 Å². The van der Waals surface area contributed by atoms with Gasteiger partial charge in [0.05, 0.1) is 6.10 Å². The van der Waals surface area contributed by atoms with Gasteiger partial charge in [-0.25, -0.2) is 0 Å². The highest BCUT2D eigenvalue weighted by Crippen LogP contribution is 2.40. The number of aliphatic hydroxyl groups excluding tert-OH is 1. The first-order valence-electron chi connectivity index (χ1n) is 7.33. The molecule has 6 heteroatoms. The monoisotopic (exact) mass is 319 g/mol. The summed E-state index contributed by atoms with van der Waals surface area (Å²) in [6, 6.07) is 0. The van der Waals surface area contributed by atoms with Crippen LogP contribution in [0.4, 0.5) is 0 Å². The van der Waals surface area contributed by atoms with E-state index in [1.165, 1.54) is 0 Å². The Morgan fingerprint density at radius 3 is 1.79 bits per heavy atom. The van der Waals surface area contributed by atoms with Gasteiger partial charge in [-0.2, -0.15) is 0 Å². The van der Waals surface area contributed by atoms with E-state index in [9.17, 15) is 5.11 Å². The van der Waals surface area contributed by atoms with Gasteiger partial charge in [0, 0.05) is 5.54 Å². The zero-order chi connectivity index (χ0) is 14.9. The minimum atomic E-state index is -2.22. The van der Waals surface area contributed by atoms with Gasteiger partial charge in [0.1, 0.15) is 0 Å². The zero-order valence-corrected chi connectivity index (χ0v) is 16.6. The Morgan fingerprint density at radius 2 is 1.42 bits per heavy atom. The number of hydrogen-bond donors (Lipinski definition) is 1. The van der Waals surface area contributed by atoms with Crippen LogP contribution in [-0.4, -0.2) is 36.4 Å². The Morgan fingerprint density at radius 1 is 0.947 bits per heavy atom. The number of hydrogen-bond acceptors (Lipinski definition) is 3. The minimum Gasteiger partial charge on any atom is -0.436 e. The Bertz CT molecular complexity index is 280. The van der Waals surface area contributed by atoms with E-state index < -0.39 is 25.2 Å². The lowest BCUT2D eigenvalue weighted by Gasteiger charge is -2.45. The van der Waals surface area contributed by atoms with Crippen molar-refractivity contribution < 1.29 is 13.3 Å². The molecule has 0 aromatic rings. The van der Waals surface area contributed by atoms with Gasteiger partial charge in [0.2, 0.25) is 0 Å². The Kier molecular flexibility index (Phi) is 5.65. The molecule has 1 N–H and O–H groups in total. The molecule has 3 nitrogen and oxygen atoms in total. The summed E-state index contributed by atoms with van der Waals surface area (Å²) in [5.74, 6) is 0. The molecular formula is C13H31O3Si3. The molecular weight excluding hydrogens is 288 g/mol. The van der Waals surface area contributed by atoms with Crippen LogP contribution >= 0.6 is 0 Å². The second-order valence-electron chi connectivity index (χ2n) is 7.76. The van der Waals surface area contributed by atoms with Gasteiger partial charge in [0.25, 0.3) is 0 Å². The highest BCUT2D eigenvalue weighted by atomic mass is 28.5. The van der Waals surface area contributed by atoms with Gasteiger partial charge in [-0.1, -0.05) is 0 Å². The first-order chi connectivity index (χ1) is 8.41. The topological polar surface area (TPSA) is 38.7 Å². The highest BCUT2D eigenvalue weighted by molar-refractivity contribution is 6.88. The number of rotatable bonds is 5. The third kappa shape index (κ3) is 6.22. The van der Waals surface area contributed by atoms with Gasteiger partial charge in [-0.3, -0.25) is 0 Å². The Balaban J connectivity index is 2.90. The molecule has 113 valence electrons. The molecule has 0 spiro atoms. The van der Waals surface area contributed by atoms with E-state index in [2.05, 4.69) is 45.8 Å². The van der Waals surface area contributed by atoms with Crippen molar-refractivity contribution in [2.75, 3.05) is 0 Å². The number of aliphatic hydroxyl groups is 1. The van der Waals surface area contributed by atoms with E-state index in [1.54, 1.807) is 0 Å². The highest BCUT2D eigenvalue weighted by Gasteiger charge is 2.47. The largest absolute Gasteiger partial charge is 0.436 e. The van der Waals surface area contributed by atoms with E-state index in [0.717, 1.165) is 19.3 Å². The molecule has 2 atom stereocenters. The fraction of sp³-hybridized carbons (Fsp3) is 0.923. The molecule has 1 saturated carbocycles. The molecule has 1 aliphatic rings. The normalized spacial score (nSPS) is 26.5. The van der Waals surface area contributed by atoms with Crippen LogP contribution in [0.15, 0.2) is 0 Å². The Labute approximate surface area is 122 Å². The van der Waals surface area contributed by atoms with Crippen molar-refractivity contribution >= 4 is 25.2 Å². The first kappa shape index (κ1) is 17.6. The molecule has 19 heavy (non-hydrogen) atoms. The molecule has 0 saturated heterocycles. The van der Waals surface area contributed by atoms with Gasteiger partial charge >= 0.3 is 8.56 Å². The van der Waals surface area contributed by atoms with E-state index >= 15 is 0 Å². The quantitative estimate of drug-likeness (QED) is 0.782. The molecule has 0 bridgehead atoms. The average Bonchev–Trinajstić information content (AvgIpc) is 2.11. The maximum Gasteiger partial charge on any atom is 0.317 e. The fourth-order valence-corrected chi connectivity index (χ4v) is 15.8. The van der Waals surface area contributed by atoms with E-state index in [0.29, 0.717) is 5.54 Å². The lowest BCUT2D eigenvalue weighted by Crippen LogP contribution is -2.56. The summed E-state index contributed by atoms with van der Waals surface area (Å²) in [5.41, 5.74) is 0.422. The van der Waals surface area contributed by atoms with Gasteiger partial charge < -0.3 is 13.3 Å². The van der Waals surface area contributed by atoms with Crippen LogP contribution in [0, 0.1) is 6.42 Å². The molecule has 1 rings (SSSR count). The molecule has 0 heterocycles. The summed E-state index contributed by atoms with van der Waals surface area (Å²) >= 11 is 0. The van der Waals surface area contributed by atoms with Gasteiger partial charge in [-0.05, 0) is 71.5 Å². The van der Waals surface area contributed by atoms with Crippen LogP contribution in [-0.2, 0) is 8.23 Å². The maximum atomic E-state index is 9.92. The summed E-state index contributed by atoms with van der Waals surface area (Å²) in [6.45, 7) is 15.6. The molecule has 1 fully saturated rings. The van der Waals surface area contributed by atoms with Crippen molar-refractivity contribution in [2.24, 2.45) is 0 Å². The predicted octanol–water partition coefficient (Wildman–Crippen LogP) is 3.88. The van der Waals surface area contributed by atoms with Crippen molar-refractivity contribution in [3.63, 3.8) is 0 Å². The van der Waals surface area contributed by atoms with Crippen LogP contribution in [0.3, 0.4) is 0 Å². The van der Waals surface area contributed by atoms with Crippen molar-refractivity contribution in [1.29, 1.82) is 0 Å². The van der Waals surface area contributed by atoms with Gasteiger partial charge in [-0.15, -0.1) is 0 Å². The SMILES string of the molecule is C[Si](C)(C)O[Si](C)(O[Si](C)(C)C)C1CC[CH]C(O)C1. The zero-order valence-electron chi connectivity index (χ0n) is 13.6. The van der Waals surface area contributed by atoms with Gasteiger partial charge in [0.15, 0.2) is 16.6 Å². The van der Waals surface area contributed by atoms with Crippen LogP contribution in [0.25, 0.3) is 0 Å². The van der Waals surface area contributed by atoms with Crippen molar-refractivity contribution in [3.05, 3.63) is 6.42 Å². The third-order valence-corrected chi connectivity index (χ3v) is 13.4. The summed E-state index contributed by atoms with van der Waals surface area (Å²) in [5, 5.41) is 9.92. The minimum absolute atomic E-state index is 0.277. The lowest BCUT2D eigenvalue weighted by molar-refractivity contribution is 0.164. The van der Waals surface area contributed by atoms with Crippen molar-refractivity contribution in [1.82, 2.24) is 0 Å². The van der Waals surface area contributed by atoms with Crippen LogP contribution in [0.1, 0.15) is 19.3 Å². The average molecular weight is 320 g/mol. The van der Waals surface area contributed by atoms with E-state index in [1.807, 2.05) is 6.42 Å². The van der Waals surface area contributed by atoms with Crippen LogP contribution < -0.4 is 0 Å². The second-order valence-corrected chi connectivity index (χ2v) is 20.7. The third-order valence-electron chi connectivity index (χ3n) is 3.24. The summed E-state index contributed by atoms with van der Waals surface area (Å²) in [6.07, 6.45) is 4.65. The summed E-state index contributed by atoms with van der Waals surface area (Å²) in [7, 11) is -5.48. The molecule has 0 aliphatic heterocycles. The molecule has 0 amide bonds. The smallest absolute Gasteiger partial charge is 0.317 e. The molecule has 1 radical (unpaired) electrons. The lowest BCUT2D eigenvalue weighted by atomic mass is 9.97. The molecule has 0 aromatic carbocycles. The molecule has 1 aliphatic carbocycles. The summed E-state index contributed by atoms with van der Waals surface area (Å²) in [4.78, 5) is 0. The standard InChI is InChI=1S/C13H31O3Si3/c1-17(2,3)15-19(7,16-18(4,5)6)13-10-8-9-12(14)11-13/h9,12-14H,8,10-11H2,1-7H3. The fourth-order valence-electron chi connectivity index (χ4n) is 2.88. The Hall–Kier alpha value is 0.531. The predicted molar refractivity (Wildman–Crippen MR) is 88.4 cm³/mol. The summed E-state index contributed by atoms with van der Waals surface area (Å²) < 4.78 is 13.1.